The van der Waals surface area contributed by atoms with Crippen LogP contribution >= 0.6 is 23.2 Å². The van der Waals surface area contributed by atoms with Gasteiger partial charge in [0.05, 0.1) is 25.1 Å². The van der Waals surface area contributed by atoms with E-state index >= 15 is 0 Å². The van der Waals surface area contributed by atoms with E-state index in [9.17, 15) is 14.7 Å². The van der Waals surface area contributed by atoms with Crippen molar-refractivity contribution in [1.82, 2.24) is 4.57 Å². The number of carboxylic acids is 1. The summed E-state index contributed by atoms with van der Waals surface area (Å²) in [5.74, 6) is -2.55. The number of aromatic nitrogens is 1. The zero-order valence-corrected chi connectivity index (χ0v) is 17.5. The van der Waals surface area contributed by atoms with Crippen LogP contribution in [-0.2, 0) is 16.1 Å². The number of ether oxygens (including phenoxy) is 2. The van der Waals surface area contributed by atoms with Crippen LogP contribution in [0, 0.1) is 0 Å². The quantitative estimate of drug-likeness (QED) is 0.311. The van der Waals surface area contributed by atoms with Crippen LogP contribution in [-0.4, -0.2) is 40.8 Å². The maximum atomic E-state index is 11.6. The van der Waals surface area contributed by atoms with Crippen molar-refractivity contribution >= 4 is 51.6 Å². The van der Waals surface area contributed by atoms with E-state index in [0.717, 1.165) is 5.56 Å². The number of benzene rings is 2. The van der Waals surface area contributed by atoms with Crippen molar-refractivity contribution < 1.29 is 29.3 Å². The van der Waals surface area contributed by atoms with Crippen molar-refractivity contribution in [2.75, 3.05) is 14.2 Å². The lowest BCUT2D eigenvalue weighted by atomic mass is 10.1. The summed E-state index contributed by atoms with van der Waals surface area (Å²) in [5.41, 5.74) is 1.53. The number of carboxylic acid groups (broad SMARTS) is 1. The van der Waals surface area contributed by atoms with Gasteiger partial charge in [-0.15, -0.1) is 0 Å². The molecule has 0 amide bonds. The Morgan fingerprint density at radius 2 is 1.73 bits per heavy atom. The molecule has 0 saturated heterocycles. The third-order valence-corrected chi connectivity index (χ3v) is 5.08. The van der Waals surface area contributed by atoms with Crippen LogP contribution in [0.25, 0.3) is 16.7 Å². The SMILES string of the molecule is COc1ccc(OC)c2c1c(C(O)=CC(=O)C(=O)O)cn2Cc1ccc(Cl)cc1Cl. The molecule has 30 heavy (non-hydrogen) atoms. The molecule has 0 atom stereocenters. The van der Waals surface area contributed by atoms with E-state index in [1.807, 2.05) is 0 Å². The molecule has 0 fully saturated rings. The highest BCUT2D eigenvalue weighted by atomic mass is 35.5. The second-order valence-corrected chi connectivity index (χ2v) is 7.14. The number of carbonyl (C=O) groups excluding carboxylic acids is 1. The first-order valence-electron chi connectivity index (χ1n) is 8.62. The molecule has 0 unspecified atom stereocenters. The predicted octanol–water partition coefficient (Wildman–Crippen LogP) is 4.57. The Kier molecular flexibility index (Phi) is 6.24. The molecule has 0 radical (unpaired) electrons. The Hall–Kier alpha value is -3.16. The Bertz CT molecular complexity index is 1180. The number of fused-ring (bicyclic) bond motifs is 1. The third kappa shape index (κ3) is 4.08. The molecule has 0 saturated carbocycles. The van der Waals surface area contributed by atoms with Crippen LogP contribution in [0.4, 0.5) is 0 Å². The van der Waals surface area contributed by atoms with Crippen molar-refractivity contribution in [3.8, 4) is 11.5 Å². The molecule has 2 aromatic carbocycles. The summed E-state index contributed by atoms with van der Waals surface area (Å²) < 4.78 is 12.7. The number of hydrogen-bond donors (Lipinski definition) is 2. The number of ketones is 1. The second kappa shape index (κ2) is 8.69. The van der Waals surface area contributed by atoms with Crippen molar-refractivity contribution in [2.45, 2.75) is 6.54 Å². The van der Waals surface area contributed by atoms with E-state index in [0.29, 0.717) is 38.5 Å². The first kappa shape index (κ1) is 21.5. The minimum Gasteiger partial charge on any atom is -0.507 e. The van der Waals surface area contributed by atoms with Crippen molar-refractivity contribution in [3.63, 3.8) is 0 Å². The number of methoxy groups -OCH3 is 2. The van der Waals surface area contributed by atoms with Crippen LogP contribution in [0.3, 0.4) is 0 Å². The standard InChI is InChI=1S/C21H17Cl2NO6/c1-29-17-5-6-18(30-2)20-19(17)13(15(25)8-16(26)21(27)28)10-24(20)9-11-3-4-12(22)7-14(11)23/h3-8,10,25H,9H2,1-2H3,(H,27,28). The molecule has 9 heteroatoms. The molecule has 3 aromatic rings. The summed E-state index contributed by atoms with van der Waals surface area (Å²) in [7, 11) is 2.96. The molecule has 0 aliphatic carbocycles. The Morgan fingerprint density at radius 1 is 1.07 bits per heavy atom. The fraction of sp³-hybridized carbons (Fsp3) is 0.143. The van der Waals surface area contributed by atoms with E-state index in [2.05, 4.69) is 0 Å². The van der Waals surface area contributed by atoms with Gasteiger partial charge >= 0.3 is 5.97 Å². The fourth-order valence-corrected chi connectivity index (χ4v) is 3.60. The lowest BCUT2D eigenvalue weighted by Gasteiger charge is -2.12. The highest BCUT2D eigenvalue weighted by Crippen LogP contribution is 2.40. The van der Waals surface area contributed by atoms with E-state index < -0.39 is 17.5 Å². The van der Waals surface area contributed by atoms with Gasteiger partial charge in [0.15, 0.2) is 0 Å². The smallest absolute Gasteiger partial charge is 0.376 e. The number of carbonyl (C=O) groups is 2. The van der Waals surface area contributed by atoms with E-state index in [4.69, 9.17) is 37.8 Å². The minimum atomic E-state index is -1.68. The number of rotatable bonds is 7. The molecule has 156 valence electrons. The molecule has 1 aromatic heterocycles. The van der Waals surface area contributed by atoms with E-state index in [1.54, 1.807) is 41.1 Å². The van der Waals surface area contributed by atoms with Gasteiger partial charge in [0, 0.05) is 34.4 Å². The van der Waals surface area contributed by atoms with Crippen LogP contribution in [0.5, 0.6) is 11.5 Å². The van der Waals surface area contributed by atoms with Gasteiger partial charge < -0.3 is 24.3 Å². The molecule has 0 spiro atoms. The maximum Gasteiger partial charge on any atom is 0.376 e. The molecule has 0 aliphatic heterocycles. The highest BCUT2D eigenvalue weighted by Gasteiger charge is 2.22. The normalized spacial score (nSPS) is 11.5. The van der Waals surface area contributed by atoms with Crippen molar-refractivity contribution in [2.24, 2.45) is 0 Å². The number of hydrogen-bond acceptors (Lipinski definition) is 5. The largest absolute Gasteiger partial charge is 0.507 e. The number of aliphatic hydroxyl groups is 1. The van der Waals surface area contributed by atoms with Crippen LogP contribution in [0.1, 0.15) is 11.1 Å². The van der Waals surface area contributed by atoms with Crippen LogP contribution < -0.4 is 9.47 Å². The van der Waals surface area contributed by atoms with Gasteiger partial charge in [-0.3, -0.25) is 4.79 Å². The predicted molar refractivity (Wildman–Crippen MR) is 114 cm³/mol. The summed E-state index contributed by atoms with van der Waals surface area (Å²) >= 11 is 12.3. The Labute approximate surface area is 181 Å². The lowest BCUT2D eigenvalue weighted by Crippen LogP contribution is -2.09. The van der Waals surface area contributed by atoms with E-state index in [1.165, 1.54) is 14.2 Å². The molecular formula is C21H17Cl2NO6. The molecular weight excluding hydrogens is 433 g/mol. The first-order valence-corrected chi connectivity index (χ1v) is 9.38. The Balaban J connectivity index is 2.27. The van der Waals surface area contributed by atoms with Gasteiger partial charge in [0.25, 0.3) is 5.78 Å². The van der Waals surface area contributed by atoms with Crippen LogP contribution in [0.2, 0.25) is 10.0 Å². The third-order valence-electron chi connectivity index (χ3n) is 4.49. The number of nitrogens with zero attached hydrogens (tertiary/aromatic N) is 1. The summed E-state index contributed by atoms with van der Waals surface area (Å²) in [6, 6.07) is 8.44. The number of aliphatic hydroxyl groups excluding tert-OH is 1. The van der Waals surface area contributed by atoms with Gasteiger partial charge in [-0.05, 0) is 29.8 Å². The molecule has 0 bridgehead atoms. The number of aliphatic carboxylic acids is 1. The summed E-state index contributed by atoms with van der Waals surface area (Å²) in [4.78, 5) is 22.5. The van der Waals surface area contributed by atoms with Gasteiger partial charge in [-0.25, -0.2) is 4.79 Å². The van der Waals surface area contributed by atoms with Gasteiger partial charge in [0.2, 0.25) is 0 Å². The minimum absolute atomic E-state index is 0.209. The molecule has 1 heterocycles. The monoisotopic (exact) mass is 449 g/mol. The zero-order chi connectivity index (χ0) is 22.0. The zero-order valence-electron chi connectivity index (χ0n) is 16.0. The van der Waals surface area contributed by atoms with Crippen LogP contribution in [0.15, 0.2) is 42.6 Å². The summed E-state index contributed by atoms with van der Waals surface area (Å²) in [6.07, 6.45) is 2.22. The molecule has 0 aliphatic rings. The summed E-state index contributed by atoms with van der Waals surface area (Å²) in [5, 5.41) is 20.8. The average Bonchev–Trinajstić information content (AvgIpc) is 3.09. The second-order valence-electron chi connectivity index (χ2n) is 6.30. The highest BCUT2D eigenvalue weighted by molar-refractivity contribution is 6.38. The molecule has 7 nitrogen and oxygen atoms in total. The topological polar surface area (TPSA) is 98.0 Å². The molecule has 3 rings (SSSR count). The maximum absolute atomic E-state index is 11.6. The lowest BCUT2D eigenvalue weighted by molar-refractivity contribution is -0.146. The van der Waals surface area contributed by atoms with E-state index in [-0.39, 0.29) is 12.1 Å². The van der Waals surface area contributed by atoms with Crippen molar-refractivity contribution in [1.29, 1.82) is 0 Å². The first-order chi connectivity index (χ1) is 14.3. The number of halogens is 2. The Morgan fingerprint density at radius 3 is 2.33 bits per heavy atom. The van der Waals surface area contributed by atoms with Gasteiger partial charge in [-0.2, -0.15) is 0 Å². The summed E-state index contributed by atoms with van der Waals surface area (Å²) in [6.45, 7) is 0.288. The van der Waals surface area contributed by atoms with Gasteiger partial charge in [0.1, 0.15) is 17.3 Å². The molecule has 2 N–H and O–H groups in total. The fourth-order valence-electron chi connectivity index (χ4n) is 3.13. The van der Waals surface area contributed by atoms with Gasteiger partial charge in [-0.1, -0.05) is 29.3 Å². The average molecular weight is 450 g/mol. The van der Waals surface area contributed by atoms with Crippen molar-refractivity contribution in [3.05, 3.63) is 63.8 Å².